The predicted octanol–water partition coefficient (Wildman–Crippen LogP) is 2.29. The van der Waals surface area contributed by atoms with Crippen molar-refractivity contribution >= 4 is 17.8 Å². The first kappa shape index (κ1) is 17.9. The number of amides is 2. The highest BCUT2D eigenvalue weighted by molar-refractivity contribution is 5.98. The molecular formula is C17H21FN2O4. The average Bonchev–Trinajstić information content (AvgIpc) is 2.58. The van der Waals surface area contributed by atoms with Crippen molar-refractivity contribution in [2.45, 2.75) is 25.7 Å². The number of carbonyl (C=O) groups is 3. The minimum Gasteiger partial charge on any atom is -0.481 e. The highest BCUT2D eigenvalue weighted by Gasteiger charge is 2.28. The van der Waals surface area contributed by atoms with Gasteiger partial charge in [-0.1, -0.05) is 0 Å². The van der Waals surface area contributed by atoms with E-state index in [2.05, 4.69) is 5.32 Å². The monoisotopic (exact) mass is 336 g/mol. The van der Waals surface area contributed by atoms with Crippen molar-refractivity contribution < 1.29 is 23.9 Å². The van der Waals surface area contributed by atoms with E-state index in [1.54, 1.807) is 4.90 Å². The maximum atomic E-state index is 12.9. The molecule has 1 aliphatic rings. The fourth-order valence-electron chi connectivity index (χ4n) is 2.77. The Balaban J connectivity index is 1.86. The molecule has 1 atom stereocenters. The Morgan fingerprint density at radius 1 is 1.25 bits per heavy atom. The maximum absolute atomic E-state index is 12.9. The van der Waals surface area contributed by atoms with Crippen LogP contribution in [0.5, 0.6) is 0 Å². The lowest BCUT2D eigenvalue weighted by Gasteiger charge is -2.32. The van der Waals surface area contributed by atoms with Gasteiger partial charge in [-0.25, -0.2) is 9.18 Å². The van der Waals surface area contributed by atoms with Gasteiger partial charge in [-0.2, -0.15) is 0 Å². The van der Waals surface area contributed by atoms with Gasteiger partial charge in [-0.15, -0.1) is 0 Å². The van der Waals surface area contributed by atoms with Gasteiger partial charge >= 0.3 is 12.0 Å². The van der Waals surface area contributed by atoms with Gasteiger partial charge in [0, 0.05) is 37.5 Å². The second kappa shape index (κ2) is 8.42. The second-order valence-electron chi connectivity index (χ2n) is 5.89. The van der Waals surface area contributed by atoms with E-state index in [4.69, 9.17) is 5.11 Å². The van der Waals surface area contributed by atoms with Crippen LogP contribution in [0, 0.1) is 11.7 Å². The summed E-state index contributed by atoms with van der Waals surface area (Å²) in [6.07, 6.45) is 1.79. The number of carboxylic acids is 1. The zero-order valence-corrected chi connectivity index (χ0v) is 13.3. The molecule has 2 rings (SSSR count). The predicted molar refractivity (Wildman–Crippen MR) is 85.3 cm³/mol. The van der Waals surface area contributed by atoms with E-state index >= 15 is 0 Å². The lowest BCUT2D eigenvalue weighted by atomic mass is 9.90. The molecule has 1 unspecified atom stereocenters. The first-order chi connectivity index (χ1) is 11.5. The molecule has 6 nitrogen and oxygen atoms in total. The summed E-state index contributed by atoms with van der Waals surface area (Å²) in [6, 6.07) is 5.15. The van der Waals surface area contributed by atoms with Gasteiger partial charge in [0.15, 0.2) is 5.78 Å². The lowest BCUT2D eigenvalue weighted by Crippen LogP contribution is -2.47. The number of benzene rings is 1. The Bertz CT molecular complexity index is 603. The van der Waals surface area contributed by atoms with E-state index < -0.39 is 11.8 Å². The third kappa shape index (κ3) is 5.04. The zero-order chi connectivity index (χ0) is 17.5. The van der Waals surface area contributed by atoms with Crippen LogP contribution in [0.4, 0.5) is 9.18 Å². The molecule has 24 heavy (non-hydrogen) atoms. The van der Waals surface area contributed by atoms with Crippen LogP contribution < -0.4 is 5.32 Å². The van der Waals surface area contributed by atoms with E-state index in [0.717, 1.165) is 6.42 Å². The highest BCUT2D eigenvalue weighted by Crippen LogP contribution is 2.21. The van der Waals surface area contributed by atoms with Gasteiger partial charge in [0.2, 0.25) is 0 Å². The molecular weight excluding hydrogens is 315 g/mol. The molecule has 2 N–H and O–H groups in total. The van der Waals surface area contributed by atoms with Crippen LogP contribution in [0.15, 0.2) is 24.3 Å². The number of nitrogens with one attached hydrogen (secondary N) is 1. The van der Waals surface area contributed by atoms with Crippen molar-refractivity contribution in [3.8, 4) is 0 Å². The number of rotatable bonds is 6. The Morgan fingerprint density at radius 3 is 2.62 bits per heavy atom. The number of hydrogen-bond donors (Lipinski definition) is 2. The summed E-state index contributed by atoms with van der Waals surface area (Å²) in [5.41, 5.74) is 0.449. The molecule has 2 amide bonds. The molecule has 1 aromatic rings. The first-order valence-corrected chi connectivity index (χ1v) is 8.01. The molecule has 130 valence electrons. The van der Waals surface area contributed by atoms with Gasteiger partial charge < -0.3 is 15.3 Å². The summed E-state index contributed by atoms with van der Waals surface area (Å²) in [7, 11) is 0. The number of likely N-dealkylation sites (tertiary alicyclic amines) is 1. The average molecular weight is 336 g/mol. The van der Waals surface area contributed by atoms with Crippen molar-refractivity contribution in [1.82, 2.24) is 10.2 Å². The summed E-state index contributed by atoms with van der Waals surface area (Å²) < 4.78 is 12.9. The lowest BCUT2D eigenvalue weighted by molar-refractivity contribution is -0.137. The van der Waals surface area contributed by atoms with E-state index in [1.807, 2.05) is 0 Å². The molecule has 1 saturated heterocycles. The van der Waals surface area contributed by atoms with Crippen LogP contribution in [-0.4, -0.2) is 47.4 Å². The Kier molecular flexibility index (Phi) is 6.28. The number of aliphatic carboxylic acids is 1. The molecule has 0 bridgehead atoms. The molecule has 0 spiro atoms. The molecule has 0 saturated carbocycles. The first-order valence-electron chi connectivity index (χ1n) is 8.01. The number of piperidine rings is 1. The topological polar surface area (TPSA) is 86.7 Å². The Hall–Kier alpha value is -2.44. The number of urea groups is 1. The largest absolute Gasteiger partial charge is 0.481 e. The van der Waals surface area contributed by atoms with Gasteiger partial charge in [-0.05, 0) is 43.5 Å². The Labute approximate surface area is 139 Å². The van der Waals surface area contributed by atoms with Crippen LogP contribution in [0.1, 0.15) is 36.0 Å². The minimum absolute atomic E-state index is 0.00591. The zero-order valence-electron chi connectivity index (χ0n) is 13.3. The van der Waals surface area contributed by atoms with Crippen molar-refractivity contribution in [3.63, 3.8) is 0 Å². The number of carbonyl (C=O) groups excluding carboxylic acids is 2. The summed E-state index contributed by atoms with van der Waals surface area (Å²) in [5, 5.41) is 11.2. The molecule has 7 heteroatoms. The van der Waals surface area contributed by atoms with Crippen molar-refractivity contribution in [2.75, 3.05) is 19.6 Å². The normalized spacial score (nSPS) is 17.4. The SMILES string of the molecule is O=C(O)CCCNC(=O)N1CCCC(C(=O)c2ccc(F)cc2)C1. The maximum Gasteiger partial charge on any atom is 0.317 e. The van der Waals surface area contributed by atoms with Gasteiger partial charge in [0.1, 0.15) is 5.82 Å². The second-order valence-corrected chi connectivity index (χ2v) is 5.89. The van der Waals surface area contributed by atoms with Crippen LogP contribution in [0.2, 0.25) is 0 Å². The summed E-state index contributed by atoms with van der Waals surface area (Å²) in [4.78, 5) is 36.6. The fraction of sp³-hybridized carbons (Fsp3) is 0.471. The molecule has 1 heterocycles. The van der Waals surface area contributed by atoms with E-state index in [-0.39, 0.29) is 30.7 Å². The summed E-state index contributed by atoms with van der Waals surface area (Å²) >= 11 is 0. The number of nitrogens with zero attached hydrogens (tertiary/aromatic N) is 1. The summed E-state index contributed by atoms with van der Waals surface area (Å²) in [5.74, 6) is -1.67. The molecule has 1 aliphatic heterocycles. The minimum atomic E-state index is -0.896. The van der Waals surface area contributed by atoms with Gasteiger partial charge in [0.25, 0.3) is 0 Å². The van der Waals surface area contributed by atoms with Gasteiger partial charge in [-0.3, -0.25) is 9.59 Å². The third-order valence-corrected chi connectivity index (χ3v) is 4.05. The van der Waals surface area contributed by atoms with Crippen LogP contribution in [0.3, 0.4) is 0 Å². The molecule has 1 aromatic carbocycles. The smallest absolute Gasteiger partial charge is 0.317 e. The number of Topliss-reactive ketones (excluding diaryl/α,β-unsaturated/α-hetero) is 1. The van der Waals surface area contributed by atoms with Gasteiger partial charge in [0.05, 0.1) is 0 Å². The molecule has 0 radical (unpaired) electrons. The van der Waals surface area contributed by atoms with Crippen LogP contribution >= 0.6 is 0 Å². The number of halogens is 1. The van der Waals surface area contributed by atoms with E-state index in [9.17, 15) is 18.8 Å². The number of carboxylic acid groups (broad SMARTS) is 1. The third-order valence-electron chi connectivity index (χ3n) is 4.05. The Morgan fingerprint density at radius 2 is 1.96 bits per heavy atom. The van der Waals surface area contributed by atoms with E-state index in [0.29, 0.717) is 31.5 Å². The highest BCUT2D eigenvalue weighted by atomic mass is 19.1. The standard InChI is InChI=1S/C17H21FN2O4/c18-14-7-5-12(6-8-14)16(23)13-3-2-10-20(11-13)17(24)19-9-1-4-15(21)22/h5-8,13H,1-4,9-11H2,(H,19,24)(H,21,22). The van der Waals surface area contributed by atoms with Crippen LogP contribution in [0.25, 0.3) is 0 Å². The molecule has 1 fully saturated rings. The van der Waals surface area contributed by atoms with Crippen molar-refractivity contribution in [1.29, 1.82) is 0 Å². The van der Waals surface area contributed by atoms with Crippen LogP contribution in [-0.2, 0) is 4.79 Å². The fourth-order valence-corrected chi connectivity index (χ4v) is 2.77. The quantitative estimate of drug-likeness (QED) is 0.616. The summed E-state index contributed by atoms with van der Waals surface area (Å²) in [6.45, 7) is 1.18. The van der Waals surface area contributed by atoms with Crippen molar-refractivity contribution in [2.24, 2.45) is 5.92 Å². The number of ketones is 1. The molecule has 0 aromatic heterocycles. The van der Waals surface area contributed by atoms with E-state index in [1.165, 1.54) is 24.3 Å². The molecule has 0 aliphatic carbocycles. The van der Waals surface area contributed by atoms with Crippen molar-refractivity contribution in [3.05, 3.63) is 35.6 Å². The number of hydrogen-bond acceptors (Lipinski definition) is 3.